The number of para-hydroxylation sites is 1. The van der Waals surface area contributed by atoms with Crippen molar-refractivity contribution >= 4 is 40.3 Å². The molecule has 0 aromatic heterocycles. The van der Waals surface area contributed by atoms with Crippen molar-refractivity contribution in [2.24, 2.45) is 28.2 Å². The Labute approximate surface area is 220 Å². The largest absolute Gasteiger partial charge is 0.379 e. The molecule has 1 unspecified atom stereocenters. The van der Waals surface area contributed by atoms with E-state index in [-0.39, 0.29) is 17.0 Å². The molecule has 5 aliphatic carbocycles. The molecule has 2 saturated heterocycles. The number of thiocarbonyl (C=S) groups is 1. The highest BCUT2D eigenvalue weighted by Gasteiger charge is 2.59. The molecule has 6 heteroatoms. The lowest BCUT2D eigenvalue weighted by molar-refractivity contribution is -0.00211. The van der Waals surface area contributed by atoms with Crippen molar-refractivity contribution in [2.75, 3.05) is 31.2 Å². The molecule has 8 rings (SSSR count). The van der Waals surface area contributed by atoms with Crippen LogP contribution in [-0.4, -0.2) is 53.6 Å². The second-order valence-electron chi connectivity index (χ2n) is 12.5. The molecule has 1 spiro atoms. The summed E-state index contributed by atoms with van der Waals surface area (Å²) in [6.45, 7) is 3.53. The number of benzene rings is 1. The van der Waals surface area contributed by atoms with Gasteiger partial charge in [0.15, 0.2) is 0 Å². The first-order valence-electron chi connectivity index (χ1n) is 14.1. The van der Waals surface area contributed by atoms with Gasteiger partial charge in [-0.05, 0) is 81.3 Å². The predicted octanol–water partition coefficient (Wildman–Crippen LogP) is 6.51. The van der Waals surface area contributed by atoms with Gasteiger partial charge in [0.05, 0.1) is 40.5 Å². The molecule has 0 N–H and O–H groups in total. The maximum Gasteiger partial charge on any atom is 0.128 e. The van der Waals surface area contributed by atoms with Crippen molar-refractivity contribution in [3.63, 3.8) is 0 Å². The molecule has 4 bridgehead atoms. The number of hydrogen-bond acceptors (Lipinski definition) is 4. The second kappa shape index (κ2) is 8.79. The van der Waals surface area contributed by atoms with Crippen LogP contribution < -0.4 is 4.90 Å². The van der Waals surface area contributed by atoms with Gasteiger partial charge in [-0.3, -0.25) is 14.8 Å². The van der Waals surface area contributed by atoms with E-state index in [1.807, 2.05) is 12.1 Å². The van der Waals surface area contributed by atoms with Crippen LogP contribution in [0, 0.1) is 23.2 Å². The average molecular weight is 512 g/mol. The summed E-state index contributed by atoms with van der Waals surface area (Å²) < 4.78 is 5.81. The van der Waals surface area contributed by atoms with Crippen LogP contribution in [0.25, 0.3) is 0 Å². The maximum absolute atomic E-state index is 6.88. The van der Waals surface area contributed by atoms with Gasteiger partial charge in [-0.2, -0.15) is 0 Å². The molecule has 0 radical (unpaired) electrons. The smallest absolute Gasteiger partial charge is 0.128 e. The van der Waals surface area contributed by atoms with Crippen LogP contribution in [0.2, 0.25) is 5.02 Å². The summed E-state index contributed by atoms with van der Waals surface area (Å²) in [5.41, 5.74) is 1.11. The van der Waals surface area contributed by atoms with E-state index in [2.05, 4.69) is 21.9 Å². The molecule has 7 fully saturated rings. The Balaban J connectivity index is 1.40. The number of hydrogen-bond donors (Lipinski definition) is 0. The summed E-state index contributed by atoms with van der Waals surface area (Å²) in [6.07, 6.45) is 14.3. The minimum absolute atomic E-state index is 0.0226. The lowest BCUT2D eigenvalue weighted by atomic mass is 9.53. The van der Waals surface area contributed by atoms with E-state index in [0.29, 0.717) is 0 Å². The predicted molar refractivity (Wildman–Crippen MR) is 147 cm³/mol. The van der Waals surface area contributed by atoms with Crippen molar-refractivity contribution < 1.29 is 4.74 Å². The SMILES string of the molecule is S=C1N(c2ccccc2Cl)C(=NC23CC4CC(CC(C4)C2)C3)C(N2CCOCC2)C12CCCCC2. The van der Waals surface area contributed by atoms with Gasteiger partial charge in [0.2, 0.25) is 0 Å². The van der Waals surface area contributed by atoms with Gasteiger partial charge in [-0.15, -0.1) is 0 Å². The van der Waals surface area contributed by atoms with Gasteiger partial charge >= 0.3 is 0 Å². The van der Waals surface area contributed by atoms with Crippen LogP contribution >= 0.6 is 23.8 Å². The van der Waals surface area contributed by atoms with Crippen LogP contribution in [0.4, 0.5) is 5.69 Å². The zero-order valence-electron chi connectivity index (χ0n) is 20.8. The molecule has 35 heavy (non-hydrogen) atoms. The molecule has 5 saturated carbocycles. The van der Waals surface area contributed by atoms with Gasteiger partial charge in [-0.25, -0.2) is 0 Å². The Morgan fingerprint density at radius 2 is 1.54 bits per heavy atom. The van der Waals surface area contributed by atoms with Crippen LogP contribution in [0.3, 0.4) is 0 Å². The molecular formula is C29H38ClN3OS. The number of aliphatic imine (C=N–C) groups is 1. The van der Waals surface area contributed by atoms with Gasteiger partial charge < -0.3 is 4.74 Å². The van der Waals surface area contributed by atoms with Crippen LogP contribution in [0.1, 0.15) is 70.6 Å². The molecule has 1 aromatic rings. The fraction of sp³-hybridized carbons (Fsp3) is 0.724. The van der Waals surface area contributed by atoms with Crippen molar-refractivity contribution in [1.82, 2.24) is 4.90 Å². The molecule has 1 atom stereocenters. The van der Waals surface area contributed by atoms with Gasteiger partial charge in [0.1, 0.15) is 5.84 Å². The molecular weight excluding hydrogens is 474 g/mol. The summed E-state index contributed by atoms with van der Waals surface area (Å²) in [5.74, 6) is 3.84. The van der Waals surface area contributed by atoms with E-state index in [4.69, 9.17) is 33.5 Å². The van der Waals surface area contributed by atoms with E-state index >= 15 is 0 Å². The van der Waals surface area contributed by atoms with Gasteiger partial charge in [0.25, 0.3) is 0 Å². The average Bonchev–Trinajstić information content (AvgIpc) is 3.06. The standard InChI is InChI=1S/C29H38ClN3OS/c30-23-6-2-3-7-24(23)33-26(31-28-17-20-14-21(18-28)16-22(15-20)19-28)25(32-10-12-34-13-11-32)29(27(33)35)8-4-1-5-9-29/h2-3,6-7,20-22,25H,1,4-5,8-19H2. The molecule has 1 aromatic carbocycles. The third-order valence-electron chi connectivity index (χ3n) is 10.2. The molecule has 7 aliphatic rings. The molecule has 4 nitrogen and oxygen atoms in total. The van der Waals surface area contributed by atoms with Crippen molar-refractivity contribution in [3.05, 3.63) is 29.3 Å². The lowest BCUT2D eigenvalue weighted by Crippen LogP contribution is -2.56. The Morgan fingerprint density at radius 3 is 2.17 bits per heavy atom. The topological polar surface area (TPSA) is 28.1 Å². The minimum Gasteiger partial charge on any atom is -0.379 e. The molecule has 0 amide bonds. The van der Waals surface area contributed by atoms with E-state index in [9.17, 15) is 0 Å². The van der Waals surface area contributed by atoms with Crippen LogP contribution in [0.5, 0.6) is 0 Å². The fourth-order valence-electron chi connectivity index (χ4n) is 9.25. The van der Waals surface area contributed by atoms with Gasteiger partial charge in [-0.1, -0.05) is 55.2 Å². The number of rotatable bonds is 3. The number of morpholine rings is 1. The first-order chi connectivity index (χ1) is 17.1. The summed E-state index contributed by atoms with van der Waals surface area (Å²) in [7, 11) is 0. The number of halogens is 1. The third-order valence-corrected chi connectivity index (χ3v) is 11.1. The van der Waals surface area contributed by atoms with Crippen LogP contribution in [0.15, 0.2) is 29.3 Å². The Kier molecular flexibility index (Phi) is 5.81. The number of anilines is 1. The first kappa shape index (κ1) is 23.1. The minimum atomic E-state index is -0.0226. The van der Waals surface area contributed by atoms with E-state index in [1.54, 1.807) is 0 Å². The van der Waals surface area contributed by atoms with Crippen molar-refractivity contribution in [2.45, 2.75) is 82.2 Å². The summed E-state index contributed by atoms with van der Waals surface area (Å²) in [4.78, 5) is 12.1. The molecule has 2 aliphatic heterocycles. The van der Waals surface area contributed by atoms with Crippen molar-refractivity contribution in [3.8, 4) is 0 Å². The van der Waals surface area contributed by atoms with E-state index in [1.165, 1.54) is 63.6 Å². The highest BCUT2D eigenvalue weighted by atomic mass is 35.5. The van der Waals surface area contributed by atoms with Gasteiger partial charge in [0, 0.05) is 18.5 Å². The Morgan fingerprint density at radius 1 is 0.914 bits per heavy atom. The van der Waals surface area contributed by atoms with E-state index < -0.39 is 0 Å². The summed E-state index contributed by atoms with van der Waals surface area (Å²) in [6, 6.07) is 8.53. The number of ether oxygens (including phenoxy) is 1. The lowest BCUT2D eigenvalue weighted by Gasteiger charge is -2.55. The van der Waals surface area contributed by atoms with Crippen LogP contribution in [-0.2, 0) is 4.74 Å². The quantitative estimate of drug-likeness (QED) is 0.432. The number of amidine groups is 1. The molecule has 188 valence electrons. The highest BCUT2D eigenvalue weighted by Crippen LogP contribution is 2.58. The fourth-order valence-corrected chi connectivity index (χ4v) is 9.98. The zero-order chi connectivity index (χ0) is 23.6. The molecule has 2 heterocycles. The Bertz CT molecular complexity index is 993. The zero-order valence-corrected chi connectivity index (χ0v) is 22.3. The highest BCUT2D eigenvalue weighted by molar-refractivity contribution is 7.80. The normalized spacial score (nSPS) is 39.7. The summed E-state index contributed by atoms with van der Waals surface area (Å²) >= 11 is 13.4. The van der Waals surface area contributed by atoms with E-state index in [0.717, 1.165) is 72.6 Å². The Hall–Kier alpha value is -1.01. The summed E-state index contributed by atoms with van der Waals surface area (Å²) in [5, 5.41) is 0.779. The maximum atomic E-state index is 6.88. The monoisotopic (exact) mass is 511 g/mol. The second-order valence-corrected chi connectivity index (χ2v) is 13.3. The number of nitrogens with zero attached hydrogens (tertiary/aromatic N) is 3. The van der Waals surface area contributed by atoms with Crippen molar-refractivity contribution in [1.29, 1.82) is 0 Å². The third kappa shape index (κ3) is 3.74. The first-order valence-corrected chi connectivity index (χ1v) is 14.9.